The molecule has 1 saturated carbocycles. The van der Waals surface area contributed by atoms with Gasteiger partial charge >= 0.3 is 0 Å². The molecule has 2 heterocycles. The third kappa shape index (κ3) is 4.39. The lowest BCUT2D eigenvalue weighted by molar-refractivity contribution is -0.117. The van der Waals surface area contributed by atoms with E-state index in [0.717, 1.165) is 18.4 Å². The van der Waals surface area contributed by atoms with Crippen LogP contribution in [0.2, 0.25) is 0 Å². The highest BCUT2D eigenvalue weighted by molar-refractivity contribution is 7.85. The standard InChI is InChI=1S/C21H26N6O4S/c1-26-21(29)18-15(10-17(23-19(18)25-26)24-20(28)13-6-7-13)22-14-8-5-12(11-31-3)9-16(14)27(2)32(4)30/h5,8-10,13H,6-7,11H2,1-4H3,(H3,22,23,24,25,28). The number of benzene rings is 1. The van der Waals surface area contributed by atoms with Crippen molar-refractivity contribution in [2.24, 2.45) is 13.0 Å². The van der Waals surface area contributed by atoms with Gasteiger partial charge in [-0.3, -0.25) is 23.7 Å². The number of nitrogens with one attached hydrogen (secondary N) is 3. The molecule has 0 radical (unpaired) electrons. The fourth-order valence-corrected chi connectivity index (χ4v) is 3.87. The number of H-pyrrole nitrogens is 1. The summed E-state index contributed by atoms with van der Waals surface area (Å²) in [5.41, 5.74) is 2.84. The lowest BCUT2D eigenvalue weighted by atomic mass is 10.1. The molecular formula is C21H26N6O4S. The van der Waals surface area contributed by atoms with Crippen LogP contribution in [0.3, 0.4) is 0 Å². The number of ether oxygens (including phenoxy) is 1. The van der Waals surface area contributed by atoms with E-state index in [0.29, 0.717) is 40.5 Å². The van der Waals surface area contributed by atoms with Gasteiger partial charge in [0.25, 0.3) is 5.56 Å². The number of fused-ring (bicyclic) bond motifs is 1. The highest BCUT2D eigenvalue weighted by Crippen LogP contribution is 2.34. The van der Waals surface area contributed by atoms with Crippen LogP contribution < -0.4 is 20.5 Å². The van der Waals surface area contributed by atoms with Crippen LogP contribution in [-0.2, 0) is 34.2 Å². The molecular weight excluding hydrogens is 432 g/mol. The Morgan fingerprint density at radius 2 is 2.09 bits per heavy atom. The van der Waals surface area contributed by atoms with Gasteiger partial charge in [0.1, 0.15) is 22.2 Å². The SMILES string of the molecule is COCc1ccc(Nc2cc(NC(=O)C3CC3)nc3[nH]n(C)c(=O)c23)c(N(C)S(C)=O)c1. The second-order valence-corrected chi connectivity index (χ2v) is 9.24. The number of carbonyl (C=O) groups excluding carboxylic acids is 1. The molecule has 1 aromatic carbocycles. The Hall–Kier alpha value is -3.18. The van der Waals surface area contributed by atoms with Crippen LogP contribution in [0.5, 0.6) is 0 Å². The number of aromatic amines is 1. The summed E-state index contributed by atoms with van der Waals surface area (Å²) in [5, 5.41) is 9.41. The largest absolute Gasteiger partial charge is 0.380 e. The Morgan fingerprint density at radius 1 is 1.34 bits per heavy atom. The summed E-state index contributed by atoms with van der Waals surface area (Å²) in [7, 11) is 3.68. The van der Waals surface area contributed by atoms with Crippen LogP contribution in [-0.4, -0.2) is 45.3 Å². The number of rotatable bonds is 8. The Kier molecular flexibility index (Phi) is 6.02. The minimum atomic E-state index is -1.27. The summed E-state index contributed by atoms with van der Waals surface area (Å²) in [6, 6.07) is 7.27. The number of nitrogens with zero attached hydrogens (tertiary/aromatic N) is 3. The minimum Gasteiger partial charge on any atom is -0.380 e. The summed E-state index contributed by atoms with van der Waals surface area (Å²) in [5.74, 6) is 0.294. The molecule has 1 aliphatic rings. The van der Waals surface area contributed by atoms with E-state index in [1.165, 1.54) is 4.68 Å². The fourth-order valence-electron chi connectivity index (χ4n) is 3.44. The predicted octanol–water partition coefficient (Wildman–Crippen LogP) is 2.23. The number of aromatic nitrogens is 3. The van der Waals surface area contributed by atoms with Crippen molar-refractivity contribution >= 4 is 50.8 Å². The number of carbonyl (C=O) groups is 1. The number of amides is 1. The molecule has 0 spiro atoms. The molecule has 1 aliphatic carbocycles. The molecule has 1 unspecified atom stereocenters. The zero-order valence-electron chi connectivity index (χ0n) is 18.4. The first-order valence-electron chi connectivity index (χ1n) is 10.1. The molecule has 3 N–H and O–H groups in total. The van der Waals surface area contributed by atoms with Gasteiger partial charge in [-0.15, -0.1) is 0 Å². The van der Waals surface area contributed by atoms with E-state index >= 15 is 0 Å². The first-order chi connectivity index (χ1) is 15.3. The molecule has 0 saturated heterocycles. The average Bonchev–Trinajstić information content (AvgIpc) is 3.55. The van der Waals surface area contributed by atoms with Gasteiger partial charge < -0.3 is 15.4 Å². The maximum Gasteiger partial charge on any atom is 0.277 e. The number of hydrogen-bond donors (Lipinski definition) is 3. The first-order valence-corrected chi connectivity index (χ1v) is 11.7. The molecule has 32 heavy (non-hydrogen) atoms. The normalized spacial score (nSPS) is 14.4. The molecule has 1 fully saturated rings. The summed E-state index contributed by atoms with van der Waals surface area (Å²) in [4.78, 5) is 29.4. The van der Waals surface area contributed by atoms with Crippen molar-refractivity contribution in [3.63, 3.8) is 0 Å². The smallest absolute Gasteiger partial charge is 0.277 e. The molecule has 11 heteroatoms. The van der Waals surface area contributed by atoms with Gasteiger partial charge in [0.15, 0.2) is 5.65 Å². The minimum absolute atomic E-state index is 0.0202. The van der Waals surface area contributed by atoms with E-state index in [2.05, 4.69) is 20.7 Å². The first kappa shape index (κ1) is 22.0. The maximum atomic E-state index is 12.7. The zero-order chi connectivity index (χ0) is 23.0. The molecule has 10 nitrogen and oxygen atoms in total. The predicted molar refractivity (Wildman–Crippen MR) is 126 cm³/mol. The molecule has 1 amide bonds. The maximum absolute atomic E-state index is 12.7. The third-order valence-electron chi connectivity index (χ3n) is 5.38. The summed E-state index contributed by atoms with van der Waals surface area (Å²) in [6.07, 6.45) is 3.34. The Balaban J connectivity index is 1.79. The van der Waals surface area contributed by atoms with Gasteiger partial charge in [0, 0.05) is 39.4 Å². The van der Waals surface area contributed by atoms with Crippen LogP contribution >= 0.6 is 0 Å². The molecule has 0 aliphatic heterocycles. The second-order valence-electron chi connectivity index (χ2n) is 7.85. The lowest BCUT2D eigenvalue weighted by Crippen LogP contribution is -2.20. The van der Waals surface area contributed by atoms with Crippen LogP contribution in [0, 0.1) is 5.92 Å². The number of aryl methyl sites for hydroxylation is 1. The van der Waals surface area contributed by atoms with Crippen LogP contribution in [0.1, 0.15) is 18.4 Å². The molecule has 3 aromatic rings. The number of anilines is 4. The topological polar surface area (TPSA) is 121 Å². The van der Waals surface area contributed by atoms with Crippen molar-refractivity contribution in [1.29, 1.82) is 0 Å². The number of pyridine rings is 1. The van der Waals surface area contributed by atoms with Crippen molar-refractivity contribution in [1.82, 2.24) is 14.8 Å². The fraction of sp³-hybridized carbons (Fsp3) is 0.381. The van der Waals surface area contributed by atoms with Gasteiger partial charge in [-0.1, -0.05) is 6.07 Å². The molecule has 1 atom stereocenters. The van der Waals surface area contributed by atoms with Crippen LogP contribution in [0.4, 0.5) is 22.9 Å². The van der Waals surface area contributed by atoms with Gasteiger partial charge in [-0.2, -0.15) is 0 Å². The monoisotopic (exact) mass is 458 g/mol. The van der Waals surface area contributed by atoms with E-state index < -0.39 is 11.0 Å². The average molecular weight is 459 g/mol. The van der Waals surface area contributed by atoms with E-state index in [9.17, 15) is 13.8 Å². The second kappa shape index (κ2) is 8.75. The highest BCUT2D eigenvalue weighted by atomic mass is 32.2. The van der Waals surface area contributed by atoms with E-state index in [1.54, 1.807) is 37.8 Å². The van der Waals surface area contributed by atoms with Crippen LogP contribution in [0.25, 0.3) is 11.0 Å². The van der Waals surface area contributed by atoms with E-state index in [4.69, 9.17) is 4.74 Å². The number of methoxy groups -OCH3 is 1. The van der Waals surface area contributed by atoms with Gasteiger partial charge in [-0.25, -0.2) is 9.19 Å². The third-order valence-corrected chi connectivity index (χ3v) is 6.35. The highest BCUT2D eigenvalue weighted by Gasteiger charge is 2.30. The van der Waals surface area contributed by atoms with Crippen molar-refractivity contribution < 1.29 is 13.7 Å². The molecule has 0 bridgehead atoms. The van der Waals surface area contributed by atoms with E-state index in [-0.39, 0.29) is 17.4 Å². The van der Waals surface area contributed by atoms with Crippen molar-refractivity contribution in [3.05, 3.63) is 40.2 Å². The summed E-state index contributed by atoms with van der Waals surface area (Å²) in [6.45, 7) is 0.409. The Bertz CT molecular complexity index is 1260. The van der Waals surface area contributed by atoms with E-state index in [1.807, 2.05) is 18.2 Å². The zero-order valence-corrected chi connectivity index (χ0v) is 19.2. The quantitative estimate of drug-likeness (QED) is 0.476. The molecule has 2 aromatic heterocycles. The Labute approximate surface area is 187 Å². The molecule has 170 valence electrons. The van der Waals surface area contributed by atoms with Gasteiger partial charge in [-0.05, 0) is 30.5 Å². The van der Waals surface area contributed by atoms with Crippen molar-refractivity contribution in [3.8, 4) is 0 Å². The Morgan fingerprint density at radius 3 is 2.75 bits per heavy atom. The summed E-state index contributed by atoms with van der Waals surface area (Å²) >= 11 is 0. The lowest BCUT2D eigenvalue weighted by Gasteiger charge is -2.21. The van der Waals surface area contributed by atoms with Gasteiger partial charge in [0.2, 0.25) is 5.91 Å². The van der Waals surface area contributed by atoms with Gasteiger partial charge in [0.05, 0.1) is 23.7 Å². The number of hydrogen-bond acceptors (Lipinski definition) is 6. The molecule has 4 rings (SSSR count). The van der Waals surface area contributed by atoms with Crippen molar-refractivity contribution in [2.45, 2.75) is 19.4 Å². The van der Waals surface area contributed by atoms with Crippen LogP contribution in [0.15, 0.2) is 29.1 Å². The summed E-state index contributed by atoms with van der Waals surface area (Å²) < 4.78 is 20.4. The van der Waals surface area contributed by atoms with Crippen molar-refractivity contribution in [2.75, 3.05) is 35.4 Å².